The summed E-state index contributed by atoms with van der Waals surface area (Å²) in [6.45, 7) is 0.387. The maximum absolute atomic E-state index is 12.5. The standard InChI is InChI=1S/C16H19F3N4O2S/c1-20-15(22-10-4-5-11(24-2)12(8-10)25-3)21-7-6-14-23-13(9-26-14)16(17,18)19/h4-5,8-9H,6-7H2,1-3H3,(H2,20,21,22). The number of guanidine groups is 1. The normalized spacial score (nSPS) is 12.0. The lowest BCUT2D eigenvalue weighted by Gasteiger charge is -2.13. The fraction of sp³-hybridized carbons (Fsp3) is 0.375. The van der Waals surface area contributed by atoms with E-state index in [4.69, 9.17) is 9.47 Å². The maximum Gasteiger partial charge on any atom is 0.434 e. The molecule has 0 spiro atoms. The molecule has 0 amide bonds. The number of halogens is 3. The van der Waals surface area contributed by atoms with Gasteiger partial charge in [0.15, 0.2) is 23.2 Å². The number of ether oxygens (including phenoxy) is 2. The second-order valence-electron chi connectivity index (χ2n) is 5.07. The molecule has 0 bridgehead atoms. The number of thiazole rings is 1. The summed E-state index contributed by atoms with van der Waals surface area (Å²) in [5.74, 6) is 1.64. The first kappa shape index (κ1) is 19.8. The predicted molar refractivity (Wildman–Crippen MR) is 95.4 cm³/mol. The van der Waals surface area contributed by atoms with E-state index in [0.29, 0.717) is 35.4 Å². The number of aromatic nitrogens is 1. The Balaban J connectivity index is 1.91. The van der Waals surface area contributed by atoms with Gasteiger partial charge in [0.05, 0.1) is 19.2 Å². The van der Waals surface area contributed by atoms with Crippen LogP contribution in [0.5, 0.6) is 11.5 Å². The van der Waals surface area contributed by atoms with E-state index in [1.165, 1.54) is 7.11 Å². The Hall–Kier alpha value is -2.49. The van der Waals surface area contributed by atoms with Gasteiger partial charge in [-0.05, 0) is 12.1 Å². The Bertz CT molecular complexity index is 762. The molecule has 10 heteroatoms. The highest BCUT2D eigenvalue weighted by atomic mass is 32.1. The smallest absolute Gasteiger partial charge is 0.434 e. The van der Waals surface area contributed by atoms with Crippen LogP contribution < -0.4 is 20.1 Å². The summed E-state index contributed by atoms with van der Waals surface area (Å²) in [4.78, 5) is 7.68. The van der Waals surface area contributed by atoms with Crippen molar-refractivity contribution >= 4 is 23.0 Å². The number of hydrogen-bond donors (Lipinski definition) is 2. The molecule has 0 atom stereocenters. The van der Waals surface area contributed by atoms with Gasteiger partial charge in [-0.1, -0.05) is 0 Å². The summed E-state index contributed by atoms with van der Waals surface area (Å²) in [5, 5.41) is 7.54. The number of methoxy groups -OCH3 is 2. The average Bonchev–Trinajstić information content (AvgIpc) is 3.10. The maximum atomic E-state index is 12.5. The van der Waals surface area contributed by atoms with Crippen LogP contribution in [0.25, 0.3) is 0 Å². The molecule has 0 aliphatic rings. The summed E-state index contributed by atoms with van der Waals surface area (Å²) >= 11 is 0.987. The van der Waals surface area contributed by atoms with Gasteiger partial charge in [-0.25, -0.2) is 4.98 Å². The number of nitrogens with one attached hydrogen (secondary N) is 2. The predicted octanol–water partition coefficient (Wildman–Crippen LogP) is 3.41. The van der Waals surface area contributed by atoms with E-state index < -0.39 is 11.9 Å². The highest BCUT2D eigenvalue weighted by Crippen LogP contribution is 2.30. The van der Waals surface area contributed by atoms with E-state index >= 15 is 0 Å². The molecular weight excluding hydrogens is 369 g/mol. The molecule has 0 saturated carbocycles. The number of hydrogen-bond acceptors (Lipinski definition) is 5. The minimum Gasteiger partial charge on any atom is -0.493 e. The van der Waals surface area contributed by atoms with Crippen LogP contribution >= 0.6 is 11.3 Å². The molecule has 2 aromatic rings. The van der Waals surface area contributed by atoms with E-state index in [0.717, 1.165) is 22.4 Å². The molecule has 6 nitrogen and oxygen atoms in total. The molecule has 1 heterocycles. The average molecular weight is 388 g/mol. The van der Waals surface area contributed by atoms with Crippen LogP contribution in [-0.2, 0) is 12.6 Å². The minimum absolute atomic E-state index is 0.355. The van der Waals surface area contributed by atoms with Crippen LogP contribution in [0.1, 0.15) is 10.7 Å². The van der Waals surface area contributed by atoms with Crippen LogP contribution in [-0.4, -0.2) is 38.8 Å². The molecule has 0 fully saturated rings. The Labute approximate surface area is 153 Å². The van der Waals surface area contributed by atoms with Crippen molar-refractivity contribution in [3.63, 3.8) is 0 Å². The lowest BCUT2D eigenvalue weighted by atomic mass is 10.3. The fourth-order valence-electron chi connectivity index (χ4n) is 2.07. The van der Waals surface area contributed by atoms with Crippen molar-refractivity contribution in [2.75, 3.05) is 33.1 Å². The SMILES string of the molecule is CN=C(NCCc1nc(C(F)(F)F)cs1)Nc1ccc(OC)c(OC)c1. The molecule has 142 valence electrons. The van der Waals surface area contributed by atoms with Gasteiger partial charge in [-0.2, -0.15) is 13.2 Å². The van der Waals surface area contributed by atoms with Crippen molar-refractivity contribution in [2.45, 2.75) is 12.6 Å². The first-order chi connectivity index (χ1) is 12.4. The zero-order chi connectivity index (χ0) is 19.2. The fourth-order valence-corrected chi connectivity index (χ4v) is 2.88. The zero-order valence-corrected chi connectivity index (χ0v) is 15.3. The molecule has 2 rings (SSSR count). The number of nitrogens with zero attached hydrogens (tertiary/aromatic N) is 2. The lowest BCUT2D eigenvalue weighted by Crippen LogP contribution is -2.32. The van der Waals surface area contributed by atoms with E-state index in [-0.39, 0.29) is 0 Å². The van der Waals surface area contributed by atoms with Crippen LogP contribution in [0.4, 0.5) is 18.9 Å². The van der Waals surface area contributed by atoms with Gasteiger partial charge in [0.1, 0.15) is 0 Å². The number of anilines is 1. The Morgan fingerprint density at radius 2 is 1.96 bits per heavy atom. The third-order valence-electron chi connectivity index (χ3n) is 3.34. The van der Waals surface area contributed by atoms with E-state index in [2.05, 4.69) is 20.6 Å². The summed E-state index contributed by atoms with van der Waals surface area (Å²) in [5.41, 5.74) is -0.130. The minimum atomic E-state index is -4.41. The van der Waals surface area contributed by atoms with Gasteiger partial charge in [-0.3, -0.25) is 4.99 Å². The van der Waals surface area contributed by atoms with Gasteiger partial charge in [-0.15, -0.1) is 11.3 Å². The number of alkyl halides is 3. The molecule has 0 aliphatic heterocycles. The van der Waals surface area contributed by atoms with Gasteiger partial charge in [0.25, 0.3) is 0 Å². The van der Waals surface area contributed by atoms with E-state index in [9.17, 15) is 13.2 Å². The zero-order valence-electron chi connectivity index (χ0n) is 14.5. The summed E-state index contributed by atoms with van der Waals surface area (Å²) in [6.07, 6.45) is -4.05. The Morgan fingerprint density at radius 3 is 2.54 bits per heavy atom. The number of rotatable bonds is 6. The second kappa shape index (κ2) is 8.75. The highest BCUT2D eigenvalue weighted by Gasteiger charge is 2.33. The largest absolute Gasteiger partial charge is 0.493 e. The van der Waals surface area contributed by atoms with Crippen molar-refractivity contribution in [3.05, 3.63) is 34.3 Å². The third kappa shape index (κ3) is 5.25. The van der Waals surface area contributed by atoms with Crippen molar-refractivity contribution in [3.8, 4) is 11.5 Å². The summed E-state index contributed by atoms with van der Waals surface area (Å²) < 4.78 is 48.0. The van der Waals surface area contributed by atoms with Gasteiger partial charge >= 0.3 is 6.18 Å². The first-order valence-electron chi connectivity index (χ1n) is 7.58. The monoisotopic (exact) mass is 388 g/mol. The van der Waals surface area contributed by atoms with Gasteiger partial charge in [0.2, 0.25) is 0 Å². The first-order valence-corrected chi connectivity index (χ1v) is 8.46. The third-order valence-corrected chi connectivity index (χ3v) is 4.25. The molecular formula is C16H19F3N4O2S. The Kier molecular flexibility index (Phi) is 6.67. The van der Waals surface area contributed by atoms with Crippen LogP contribution in [0.3, 0.4) is 0 Å². The van der Waals surface area contributed by atoms with Crippen molar-refractivity contribution in [1.29, 1.82) is 0 Å². The molecule has 1 aromatic heterocycles. The van der Waals surface area contributed by atoms with Crippen molar-refractivity contribution < 1.29 is 22.6 Å². The molecule has 0 saturated heterocycles. The van der Waals surface area contributed by atoms with Crippen LogP contribution in [0.2, 0.25) is 0 Å². The van der Waals surface area contributed by atoms with Crippen molar-refractivity contribution in [2.24, 2.45) is 4.99 Å². The quantitative estimate of drug-likeness (QED) is 0.586. The second-order valence-corrected chi connectivity index (χ2v) is 6.01. The van der Waals surface area contributed by atoms with E-state index in [1.807, 2.05) is 0 Å². The van der Waals surface area contributed by atoms with Gasteiger partial charge in [0, 0.05) is 37.1 Å². The van der Waals surface area contributed by atoms with Crippen molar-refractivity contribution in [1.82, 2.24) is 10.3 Å². The summed E-state index contributed by atoms with van der Waals surface area (Å²) in [6, 6.07) is 5.30. The van der Waals surface area contributed by atoms with E-state index in [1.54, 1.807) is 32.4 Å². The molecule has 1 aromatic carbocycles. The lowest BCUT2D eigenvalue weighted by molar-refractivity contribution is -0.140. The molecule has 2 N–H and O–H groups in total. The number of benzene rings is 1. The molecule has 26 heavy (non-hydrogen) atoms. The van der Waals surface area contributed by atoms with Crippen LogP contribution in [0, 0.1) is 0 Å². The molecule has 0 aliphatic carbocycles. The molecule has 0 radical (unpaired) electrons. The topological polar surface area (TPSA) is 67.8 Å². The Morgan fingerprint density at radius 1 is 1.23 bits per heavy atom. The van der Waals surface area contributed by atoms with Gasteiger partial charge < -0.3 is 20.1 Å². The number of aliphatic imine (C=N–C) groups is 1. The summed E-state index contributed by atoms with van der Waals surface area (Å²) in [7, 11) is 4.69. The highest BCUT2D eigenvalue weighted by molar-refractivity contribution is 7.09. The van der Waals surface area contributed by atoms with Crippen LogP contribution in [0.15, 0.2) is 28.6 Å². The molecule has 0 unspecified atom stereocenters.